The van der Waals surface area contributed by atoms with Crippen molar-refractivity contribution >= 4 is 17.2 Å². The topological polar surface area (TPSA) is 29.4 Å². The van der Waals surface area contributed by atoms with Crippen molar-refractivity contribution in [3.63, 3.8) is 0 Å². The summed E-state index contributed by atoms with van der Waals surface area (Å²) in [6.45, 7) is 1.65. The maximum absolute atomic E-state index is 13.2. The fraction of sp³-hybridized carbons (Fsp3) is 0.417. The van der Waals surface area contributed by atoms with Crippen LogP contribution in [0.5, 0.6) is 0 Å². The van der Waals surface area contributed by atoms with Crippen LogP contribution < -0.4 is 0 Å². The molecule has 0 aliphatic carbocycles. The summed E-state index contributed by atoms with van der Waals surface area (Å²) in [6.07, 6.45) is -6.57. The van der Waals surface area contributed by atoms with Gasteiger partial charge in [-0.2, -0.15) is 43.9 Å². The van der Waals surface area contributed by atoms with Crippen LogP contribution in [0.1, 0.15) is 11.1 Å². The Labute approximate surface area is 132 Å². The van der Waals surface area contributed by atoms with E-state index >= 15 is 0 Å². The van der Waals surface area contributed by atoms with E-state index in [4.69, 9.17) is 0 Å². The zero-order valence-electron chi connectivity index (χ0n) is 11.6. The van der Waals surface area contributed by atoms with Gasteiger partial charge in [-0.3, -0.25) is 0 Å². The highest BCUT2D eigenvalue weighted by Crippen LogP contribution is 2.54. The molecule has 2 nitrogen and oxygen atoms in total. The van der Waals surface area contributed by atoms with Crippen molar-refractivity contribution < 1.29 is 43.7 Å². The van der Waals surface area contributed by atoms with Gasteiger partial charge < -0.3 is 0 Å². The fourth-order valence-electron chi connectivity index (χ4n) is 1.30. The quantitative estimate of drug-likeness (QED) is 0.542. The van der Waals surface area contributed by atoms with Crippen LogP contribution >= 0.6 is 0 Å². The molecule has 0 aliphatic heterocycles. The van der Waals surface area contributed by atoms with Crippen molar-refractivity contribution in [1.29, 1.82) is 0 Å². The first kappa shape index (κ1) is 20.5. The fourth-order valence-corrected chi connectivity index (χ4v) is 2.00. The molecule has 0 aliphatic rings. The van der Waals surface area contributed by atoms with Gasteiger partial charge in [-0.25, -0.2) is 4.21 Å². The van der Waals surface area contributed by atoms with Gasteiger partial charge in [-0.05, 0) is 12.5 Å². The van der Waals surface area contributed by atoms with Crippen LogP contribution in [0.25, 0.3) is 0 Å². The Hall–Kier alpha value is -1.59. The molecule has 1 rings (SSSR count). The molecule has 136 valence electrons. The standard InChI is InChI=1S/C12H8F9NOS/c1-7-2-4-8(5-3-7)6-22-24(23)12(20,21)10(15,16)9(13,14)11(17,18)19/h2-6H,1H3/b22-6+/t24-/m0/s1. The van der Waals surface area contributed by atoms with E-state index in [-0.39, 0.29) is 5.56 Å². The molecule has 0 saturated heterocycles. The molecule has 0 amide bonds. The summed E-state index contributed by atoms with van der Waals surface area (Å²) < 4.78 is 127. The minimum absolute atomic E-state index is 0.00403. The van der Waals surface area contributed by atoms with Gasteiger partial charge in [0.15, 0.2) is 0 Å². The van der Waals surface area contributed by atoms with E-state index in [2.05, 4.69) is 4.40 Å². The SMILES string of the molecule is Cc1ccc(/C=N/[S@@](=O)C(F)(F)C(F)(F)C(F)(F)C(F)(F)F)cc1. The number of benzene rings is 1. The van der Waals surface area contributed by atoms with Gasteiger partial charge in [-0.1, -0.05) is 29.8 Å². The first-order chi connectivity index (χ1) is 10.6. The average Bonchev–Trinajstić information content (AvgIpc) is 2.44. The number of aryl methyl sites for hydroxylation is 1. The Morgan fingerprint density at radius 2 is 1.33 bits per heavy atom. The summed E-state index contributed by atoms with van der Waals surface area (Å²) in [5.41, 5.74) is 0.714. The molecule has 1 aromatic rings. The van der Waals surface area contributed by atoms with Crippen LogP contribution in [0.15, 0.2) is 28.7 Å². The molecule has 0 spiro atoms. The third-order valence-corrected chi connectivity index (χ3v) is 3.70. The van der Waals surface area contributed by atoms with Gasteiger partial charge in [-0.15, -0.1) is 0 Å². The zero-order chi connectivity index (χ0) is 19.0. The smallest absolute Gasteiger partial charge is 0.228 e. The Morgan fingerprint density at radius 1 is 0.875 bits per heavy atom. The molecule has 0 heterocycles. The average molecular weight is 385 g/mol. The third-order valence-electron chi connectivity index (χ3n) is 2.71. The van der Waals surface area contributed by atoms with Crippen LogP contribution in [-0.2, 0) is 11.0 Å². The summed E-state index contributed by atoms with van der Waals surface area (Å²) >= 11 is 0. The molecule has 24 heavy (non-hydrogen) atoms. The van der Waals surface area contributed by atoms with Crippen LogP contribution in [0.3, 0.4) is 0 Å². The molecule has 1 atom stereocenters. The maximum atomic E-state index is 13.2. The van der Waals surface area contributed by atoms with E-state index in [9.17, 15) is 43.7 Å². The molecule has 0 aromatic heterocycles. The summed E-state index contributed by atoms with van der Waals surface area (Å²) in [7, 11) is -4.38. The lowest BCUT2D eigenvalue weighted by Gasteiger charge is -2.31. The van der Waals surface area contributed by atoms with Crippen molar-refractivity contribution in [2.45, 2.75) is 30.2 Å². The normalized spacial score (nSPS) is 15.8. The van der Waals surface area contributed by atoms with Crippen molar-refractivity contribution in [2.75, 3.05) is 0 Å². The summed E-state index contributed by atoms with van der Waals surface area (Å²) in [5.74, 6) is -14.1. The highest BCUT2D eigenvalue weighted by atomic mass is 32.2. The highest BCUT2D eigenvalue weighted by molar-refractivity contribution is 7.85. The lowest BCUT2D eigenvalue weighted by atomic mass is 10.1. The second-order valence-corrected chi connectivity index (χ2v) is 5.78. The van der Waals surface area contributed by atoms with Crippen LogP contribution in [0, 0.1) is 6.92 Å². The molecule has 0 fully saturated rings. The molecule has 0 bridgehead atoms. The van der Waals surface area contributed by atoms with E-state index in [0.29, 0.717) is 6.21 Å². The van der Waals surface area contributed by atoms with Crippen LogP contribution in [0.2, 0.25) is 0 Å². The number of hydrogen-bond acceptors (Lipinski definition) is 1. The molecular weight excluding hydrogens is 377 g/mol. The molecule has 1 aromatic carbocycles. The number of hydrogen-bond donors (Lipinski definition) is 0. The molecule has 0 unspecified atom stereocenters. The van der Waals surface area contributed by atoms with Gasteiger partial charge in [0.1, 0.15) is 0 Å². The van der Waals surface area contributed by atoms with E-state index in [1.165, 1.54) is 24.3 Å². The van der Waals surface area contributed by atoms with E-state index < -0.39 is 34.3 Å². The van der Waals surface area contributed by atoms with Crippen molar-refractivity contribution in [3.05, 3.63) is 35.4 Å². The molecule has 0 N–H and O–H groups in total. The number of nitrogens with zero attached hydrogens (tertiary/aromatic N) is 1. The number of rotatable bonds is 5. The van der Waals surface area contributed by atoms with Crippen molar-refractivity contribution in [3.8, 4) is 0 Å². The Morgan fingerprint density at radius 3 is 1.75 bits per heavy atom. The Bertz CT molecular complexity index is 637. The Balaban J connectivity index is 3.13. The number of halogens is 9. The van der Waals surface area contributed by atoms with Gasteiger partial charge in [0, 0.05) is 6.21 Å². The van der Waals surface area contributed by atoms with Crippen molar-refractivity contribution in [2.24, 2.45) is 4.40 Å². The zero-order valence-corrected chi connectivity index (χ0v) is 12.4. The summed E-state index contributed by atoms with van der Waals surface area (Å²) in [4.78, 5) is 0. The number of alkyl halides is 9. The monoisotopic (exact) mass is 385 g/mol. The van der Waals surface area contributed by atoms with E-state index in [1.807, 2.05) is 0 Å². The summed E-state index contributed by atoms with van der Waals surface area (Å²) in [5, 5.41) is -6.26. The van der Waals surface area contributed by atoms with Crippen molar-refractivity contribution in [1.82, 2.24) is 0 Å². The second-order valence-electron chi connectivity index (χ2n) is 4.56. The highest BCUT2D eigenvalue weighted by Gasteiger charge is 2.83. The van der Waals surface area contributed by atoms with Gasteiger partial charge in [0.2, 0.25) is 11.0 Å². The third kappa shape index (κ3) is 3.57. The van der Waals surface area contributed by atoms with E-state index in [0.717, 1.165) is 5.56 Å². The van der Waals surface area contributed by atoms with Gasteiger partial charge >= 0.3 is 23.3 Å². The van der Waals surface area contributed by atoms with Crippen LogP contribution in [0.4, 0.5) is 39.5 Å². The molecule has 0 radical (unpaired) electrons. The van der Waals surface area contributed by atoms with Gasteiger partial charge in [0.25, 0.3) is 0 Å². The lowest BCUT2D eigenvalue weighted by Crippen LogP contribution is -2.61. The summed E-state index contributed by atoms with van der Waals surface area (Å²) in [6, 6.07) is 5.37. The van der Waals surface area contributed by atoms with Crippen LogP contribution in [-0.4, -0.2) is 33.7 Å². The largest absolute Gasteiger partial charge is 0.460 e. The predicted octanol–water partition coefficient (Wildman–Crippen LogP) is 4.50. The second kappa shape index (κ2) is 6.37. The predicted molar refractivity (Wildman–Crippen MR) is 67.8 cm³/mol. The minimum Gasteiger partial charge on any atom is -0.228 e. The van der Waals surface area contributed by atoms with E-state index in [1.54, 1.807) is 6.92 Å². The Kier molecular flexibility index (Phi) is 5.43. The molecule has 12 heteroatoms. The molecule has 0 saturated carbocycles. The first-order valence-corrected chi connectivity index (χ1v) is 6.98. The lowest BCUT2D eigenvalue weighted by molar-refractivity contribution is -0.381. The minimum atomic E-state index is -7.10. The first-order valence-electron chi connectivity index (χ1n) is 5.87. The maximum Gasteiger partial charge on any atom is 0.460 e. The molecular formula is C12H8F9NOS. The van der Waals surface area contributed by atoms with Gasteiger partial charge in [0.05, 0.1) is 0 Å².